The molecular weight excluding hydrogens is 1000 g/mol. The average molecular weight is 1110 g/mol. The van der Waals surface area contributed by atoms with E-state index in [1.54, 1.807) is 77.9 Å². The van der Waals surface area contributed by atoms with E-state index in [0.717, 1.165) is 39.3 Å². The molecule has 0 bridgehead atoms. The third-order valence-corrected chi connectivity index (χ3v) is 24.8. The largest absolute Gasteiger partial charge is 1.00 e. The summed E-state index contributed by atoms with van der Waals surface area (Å²) in [6.07, 6.45) is 17.0. The topological polar surface area (TPSA) is 18.5 Å². The minimum Gasteiger partial charge on any atom is -0.381 e. The van der Waals surface area contributed by atoms with Gasteiger partial charge in [-0.25, -0.2) is 0 Å². The van der Waals surface area contributed by atoms with Crippen molar-refractivity contribution in [2.75, 3.05) is 26.4 Å². The SMILES string of the molecule is C1CCOC1.C1CCOC1.CC1(C)CC2(c3[c-]c4c(cc31)C(C)(C)CC41c3cc4c(cc3-c3cc5c(cc31)C(C)(C)CCC5(C)C)C(C)(C)CCC4(C)C)c1cc3c(cc1-c1cc4c(cc12)C(C)(C)CCC4(C)C)C(C)(C)CCC3(C)C.[Li+]. The molecule has 2 nitrogen and oxygen atoms in total. The molecule has 5 aromatic rings. The fourth-order valence-electron chi connectivity index (χ4n) is 19.0. The molecule has 10 aliphatic rings. The van der Waals surface area contributed by atoms with E-state index in [1.807, 2.05) is 0 Å². The first kappa shape index (κ1) is 59.9. The van der Waals surface area contributed by atoms with Crippen LogP contribution in [0.1, 0.15) is 317 Å². The zero-order valence-corrected chi connectivity index (χ0v) is 56.2. The minimum atomic E-state index is -0.320. The monoisotopic (exact) mass is 1100 g/mol. The first-order chi connectivity index (χ1) is 38.0. The van der Waals surface area contributed by atoms with Crippen molar-refractivity contribution < 1.29 is 28.3 Å². The summed E-state index contributed by atoms with van der Waals surface area (Å²) in [6, 6.07) is 29.8. The zero-order valence-electron chi connectivity index (χ0n) is 56.2. The molecule has 0 aromatic heterocycles. The van der Waals surface area contributed by atoms with E-state index in [2.05, 4.69) is 193 Å². The van der Waals surface area contributed by atoms with Crippen LogP contribution in [-0.2, 0) is 74.5 Å². The predicted molar refractivity (Wildman–Crippen MR) is 345 cm³/mol. The van der Waals surface area contributed by atoms with Crippen molar-refractivity contribution in [1.29, 1.82) is 0 Å². The number of hydrogen-bond acceptors (Lipinski definition) is 2. The smallest absolute Gasteiger partial charge is 0.381 e. The summed E-state index contributed by atoms with van der Waals surface area (Å²) in [6.45, 7) is 54.9. The molecule has 8 aliphatic carbocycles. The molecule has 15 rings (SSSR count). The van der Waals surface area contributed by atoms with Gasteiger partial charge in [-0.2, -0.15) is 12.1 Å². The van der Waals surface area contributed by atoms with Crippen molar-refractivity contribution >= 4 is 0 Å². The molecule has 83 heavy (non-hydrogen) atoms. The summed E-state index contributed by atoms with van der Waals surface area (Å²) in [7, 11) is 0. The van der Waals surface area contributed by atoms with Gasteiger partial charge in [-0.1, -0.05) is 174 Å². The van der Waals surface area contributed by atoms with Gasteiger partial charge in [0.2, 0.25) is 0 Å². The number of hydrogen-bond donors (Lipinski definition) is 0. The van der Waals surface area contributed by atoms with Gasteiger partial charge in [-0.3, -0.25) is 0 Å². The molecule has 438 valence electrons. The molecule has 0 amide bonds. The van der Waals surface area contributed by atoms with Gasteiger partial charge in [0.15, 0.2) is 0 Å². The van der Waals surface area contributed by atoms with E-state index in [1.165, 1.54) is 110 Å². The Morgan fingerprint density at radius 2 is 0.446 bits per heavy atom. The molecule has 2 heterocycles. The van der Waals surface area contributed by atoms with Crippen molar-refractivity contribution in [3.63, 3.8) is 0 Å². The van der Waals surface area contributed by atoms with Gasteiger partial charge in [-0.15, -0.1) is 22.3 Å². The summed E-state index contributed by atoms with van der Waals surface area (Å²) in [5, 5.41) is 0. The van der Waals surface area contributed by atoms with Crippen molar-refractivity contribution in [3.8, 4) is 22.3 Å². The summed E-state index contributed by atoms with van der Waals surface area (Å²) in [4.78, 5) is 0. The van der Waals surface area contributed by atoms with Crippen LogP contribution in [0.5, 0.6) is 0 Å². The predicted octanol–water partition coefficient (Wildman–Crippen LogP) is 17.5. The molecule has 2 spiro atoms. The van der Waals surface area contributed by atoms with E-state index >= 15 is 0 Å². The fraction of sp³-hybridized carbons (Fsp3) is 0.625. The molecule has 5 aromatic carbocycles. The molecular formula is C80H105LiO2. The van der Waals surface area contributed by atoms with Gasteiger partial charge in [0.05, 0.1) is 0 Å². The van der Waals surface area contributed by atoms with E-state index in [9.17, 15) is 0 Å². The number of benzene rings is 5. The van der Waals surface area contributed by atoms with Crippen LogP contribution in [0.25, 0.3) is 22.3 Å². The Balaban J connectivity index is 0.000000561. The van der Waals surface area contributed by atoms with Gasteiger partial charge in [0, 0.05) is 37.3 Å². The first-order valence-corrected chi connectivity index (χ1v) is 33.1. The van der Waals surface area contributed by atoms with Crippen LogP contribution in [-0.4, -0.2) is 26.4 Å². The maximum atomic E-state index is 4.94. The molecule has 2 saturated heterocycles. The Morgan fingerprint density at radius 3 is 0.639 bits per heavy atom. The molecule has 0 saturated carbocycles. The maximum absolute atomic E-state index is 4.94. The van der Waals surface area contributed by atoms with Crippen LogP contribution < -0.4 is 18.9 Å². The van der Waals surface area contributed by atoms with Gasteiger partial charge >= 0.3 is 18.9 Å². The Hall–Kier alpha value is -3.38. The number of ether oxygens (including phenoxy) is 2. The molecule has 3 heteroatoms. The molecule has 0 atom stereocenters. The van der Waals surface area contributed by atoms with Crippen LogP contribution in [0.15, 0.2) is 54.6 Å². The number of fused-ring (bicyclic) bond motifs is 18. The second kappa shape index (κ2) is 18.8. The van der Waals surface area contributed by atoms with Crippen LogP contribution >= 0.6 is 0 Å². The van der Waals surface area contributed by atoms with Gasteiger partial charge < -0.3 is 9.47 Å². The standard InChI is InChI=1S/C72H89.2C4H8O.Li/c1-61(2)21-25-65(9,10)53-33-45-41(29-49(53)61)42-30-50-54(66(11,12)26-22-62(50,3)4)34-46(42)71(45)39-69(17,18)57-37-58-60(38-59(57)71)72(40-70(58,19)20)47-35-55-51(63(5,6)23-27-67(55,13)14)31-43(47)44-32-52-56(36-48(44)72)68(15,16)28-24-64(52,7)8;2*1-2-4-5-3-1;/h29-37H,21-28,39-40H2,1-20H3;2*1-4H2;/q-1;;;+1. The summed E-state index contributed by atoms with van der Waals surface area (Å²) < 4.78 is 9.89. The number of rotatable bonds is 0. The third kappa shape index (κ3) is 8.68. The van der Waals surface area contributed by atoms with E-state index in [0.29, 0.717) is 0 Å². The second-order valence-electron chi connectivity index (χ2n) is 35.3. The van der Waals surface area contributed by atoms with Crippen molar-refractivity contribution in [1.82, 2.24) is 0 Å². The Bertz CT molecular complexity index is 3080. The molecule has 0 N–H and O–H groups in total. The summed E-state index contributed by atoms with van der Waals surface area (Å²) in [5.41, 5.74) is 31.2. The van der Waals surface area contributed by atoms with E-state index in [-0.39, 0.29) is 83.8 Å². The Kier molecular flexibility index (Phi) is 13.6. The Morgan fingerprint density at radius 1 is 0.253 bits per heavy atom. The van der Waals surface area contributed by atoms with Crippen LogP contribution in [0.3, 0.4) is 0 Å². The molecule has 2 fully saturated rings. The molecule has 0 radical (unpaired) electrons. The van der Waals surface area contributed by atoms with Gasteiger partial charge in [0.25, 0.3) is 0 Å². The summed E-state index contributed by atoms with van der Waals surface area (Å²) >= 11 is 0. The van der Waals surface area contributed by atoms with Crippen LogP contribution in [0.2, 0.25) is 0 Å². The normalized spacial score (nSPS) is 25.7. The van der Waals surface area contributed by atoms with E-state index in [4.69, 9.17) is 15.5 Å². The summed E-state index contributed by atoms with van der Waals surface area (Å²) in [5.74, 6) is 0. The molecule has 0 unspecified atom stereocenters. The van der Waals surface area contributed by atoms with E-state index < -0.39 is 0 Å². The van der Waals surface area contributed by atoms with Crippen molar-refractivity contribution in [2.24, 2.45) is 0 Å². The quantitative estimate of drug-likeness (QED) is 0.114. The average Bonchev–Trinajstić information content (AvgIpc) is 1.52. The minimum absolute atomic E-state index is 0. The van der Waals surface area contributed by atoms with Gasteiger partial charge in [0.1, 0.15) is 0 Å². The van der Waals surface area contributed by atoms with Crippen molar-refractivity contribution in [2.45, 2.75) is 293 Å². The fourth-order valence-corrected chi connectivity index (χ4v) is 19.0. The van der Waals surface area contributed by atoms with Crippen LogP contribution in [0, 0.1) is 6.07 Å². The third-order valence-electron chi connectivity index (χ3n) is 24.8. The maximum Gasteiger partial charge on any atom is 1.00 e. The first-order valence-electron chi connectivity index (χ1n) is 33.1. The zero-order chi connectivity index (χ0) is 58.8. The molecule has 2 aliphatic heterocycles. The second-order valence-corrected chi connectivity index (χ2v) is 35.3. The Labute approximate surface area is 516 Å². The van der Waals surface area contributed by atoms with Crippen LogP contribution in [0.4, 0.5) is 0 Å². The van der Waals surface area contributed by atoms with Gasteiger partial charge in [-0.05, 0) is 246 Å². The van der Waals surface area contributed by atoms with Crippen molar-refractivity contribution in [3.05, 3.63) is 150 Å².